The van der Waals surface area contributed by atoms with Crippen LogP contribution >= 0.6 is 27.7 Å². The summed E-state index contributed by atoms with van der Waals surface area (Å²) in [4.78, 5) is 51.5. The van der Waals surface area contributed by atoms with Crippen molar-refractivity contribution in [3.05, 3.63) is 86.2 Å². The number of carbonyl (C=O) groups excluding carboxylic acids is 4. The molecule has 212 valence electrons. The van der Waals surface area contributed by atoms with Crippen molar-refractivity contribution < 1.29 is 28.7 Å². The molecule has 1 aliphatic rings. The number of amides is 4. The van der Waals surface area contributed by atoms with E-state index in [1.807, 2.05) is 45.0 Å². The third-order valence-electron chi connectivity index (χ3n) is 6.43. The Kier molecular flexibility index (Phi) is 9.51. The quantitative estimate of drug-likeness (QED) is 0.274. The first-order chi connectivity index (χ1) is 19.6. The second-order valence-corrected chi connectivity index (χ2v) is 11.1. The van der Waals surface area contributed by atoms with E-state index in [2.05, 4.69) is 26.6 Å². The third-order valence-corrected chi connectivity index (χ3v) is 8.20. The summed E-state index contributed by atoms with van der Waals surface area (Å²) < 4.78 is 12.1. The van der Waals surface area contributed by atoms with E-state index in [0.29, 0.717) is 28.4 Å². The smallest absolute Gasteiger partial charge is 0.294 e. The van der Waals surface area contributed by atoms with E-state index in [0.717, 1.165) is 37.8 Å². The molecule has 0 radical (unpaired) electrons. The monoisotopic (exact) mass is 637 g/mol. The average molecular weight is 639 g/mol. The van der Waals surface area contributed by atoms with Crippen molar-refractivity contribution in [2.45, 2.75) is 20.8 Å². The molecule has 41 heavy (non-hydrogen) atoms. The van der Waals surface area contributed by atoms with Gasteiger partial charge in [-0.15, -0.1) is 0 Å². The molecule has 4 amide bonds. The van der Waals surface area contributed by atoms with Gasteiger partial charge in [-0.1, -0.05) is 40.2 Å². The van der Waals surface area contributed by atoms with Crippen molar-refractivity contribution in [2.24, 2.45) is 0 Å². The lowest BCUT2D eigenvalue weighted by atomic mass is 10.1. The van der Waals surface area contributed by atoms with Crippen LogP contribution in [0, 0.1) is 20.8 Å². The number of ether oxygens (including phenoxy) is 2. The number of imide groups is 1. The standard InChI is InChI=1S/C30H28BrN3O6S/c1-17-7-5-6-8-22(17)32-27(35)15-34-29(37)26(41-30(34)38)14-20-9-12-24(25(13-20)39-4)40-16-28(36)33-23-11-10-21(31)18(2)19(23)3/h5-14H,15-16H2,1-4H3,(H,32,35)(H,33,36)/b26-14+. The molecule has 1 saturated heterocycles. The fourth-order valence-electron chi connectivity index (χ4n) is 3.98. The van der Waals surface area contributed by atoms with Crippen molar-refractivity contribution in [2.75, 3.05) is 30.9 Å². The number of nitrogens with one attached hydrogen (secondary N) is 2. The Morgan fingerprint density at radius 2 is 1.66 bits per heavy atom. The highest BCUT2D eigenvalue weighted by molar-refractivity contribution is 9.10. The summed E-state index contributed by atoms with van der Waals surface area (Å²) in [6.07, 6.45) is 1.54. The first-order valence-corrected chi connectivity index (χ1v) is 14.2. The van der Waals surface area contributed by atoms with Gasteiger partial charge in [0.05, 0.1) is 12.0 Å². The summed E-state index contributed by atoms with van der Waals surface area (Å²) in [5, 5.41) is 5.05. The average Bonchev–Trinajstić information content (AvgIpc) is 3.20. The minimum atomic E-state index is -0.561. The summed E-state index contributed by atoms with van der Waals surface area (Å²) in [5.41, 5.74) is 4.74. The molecule has 0 bridgehead atoms. The molecule has 1 aliphatic heterocycles. The highest BCUT2D eigenvalue weighted by Gasteiger charge is 2.36. The van der Waals surface area contributed by atoms with Gasteiger partial charge in [-0.05, 0) is 91.2 Å². The molecule has 0 spiro atoms. The third kappa shape index (κ3) is 7.17. The van der Waals surface area contributed by atoms with Crippen LogP contribution in [0.5, 0.6) is 11.5 Å². The van der Waals surface area contributed by atoms with Gasteiger partial charge in [0.1, 0.15) is 6.54 Å². The van der Waals surface area contributed by atoms with Crippen LogP contribution in [0.2, 0.25) is 0 Å². The first kappa shape index (κ1) is 29.9. The van der Waals surface area contributed by atoms with Gasteiger partial charge in [-0.2, -0.15) is 0 Å². The van der Waals surface area contributed by atoms with Crippen LogP contribution < -0.4 is 20.1 Å². The summed E-state index contributed by atoms with van der Waals surface area (Å²) in [5.74, 6) is -0.681. The number of thioether (sulfide) groups is 1. The summed E-state index contributed by atoms with van der Waals surface area (Å²) in [7, 11) is 1.46. The predicted molar refractivity (Wildman–Crippen MR) is 163 cm³/mol. The van der Waals surface area contributed by atoms with E-state index in [1.54, 1.807) is 36.4 Å². The van der Waals surface area contributed by atoms with E-state index >= 15 is 0 Å². The van der Waals surface area contributed by atoms with Gasteiger partial charge in [-0.25, -0.2) is 0 Å². The molecule has 0 aromatic heterocycles. The Hall–Kier alpha value is -4.09. The lowest BCUT2D eigenvalue weighted by Gasteiger charge is -2.14. The van der Waals surface area contributed by atoms with Gasteiger partial charge in [0.15, 0.2) is 18.1 Å². The highest BCUT2D eigenvalue weighted by atomic mass is 79.9. The van der Waals surface area contributed by atoms with Gasteiger partial charge >= 0.3 is 0 Å². The molecule has 0 unspecified atom stereocenters. The van der Waals surface area contributed by atoms with Crippen LogP contribution in [0.4, 0.5) is 16.2 Å². The predicted octanol–water partition coefficient (Wildman–Crippen LogP) is 6.08. The van der Waals surface area contributed by atoms with Gasteiger partial charge < -0.3 is 20.1 Å². The largest absolute Gasteiger partial charge is 0.493 e. The molecular formula is C30H28BrN3O6S. The molecule has 2 N–H and O–H groups in total. The number of para-hydroxylation sites is 1. The molecule has 0 atom stereocenters. The maximum atomic E-state index is 12.9. The van der Waals surface area contributed by atoms with Crippen LogP contribution in [0.3, 0.4) is 0 Å². The van der Waals surface area contributed by atoms with Crippen molar-refractivity contribution >= 4 is 68.1 Å². The summed E-state index contributed by atoms with van der Waals surface area (Å²) in [6, 6.07) is 15.9. The Morgan fingerprint density at radius 3 is 2.39 bits per heavy atom. The van der Waals surface area contributed by atoms with Crippen molar-refractivity contribution in [1.82, 2.24) is 4.90 Å². The SMILES string of the molecule is COc1cc(/C=C2/SC(=O)N(CC(=O)Nc3ccccc3C)C2=O)ccc1OCC(=O)Nc1ccc(Br)c(C)c1C. The van der Waals surface area contributed by atoms with E-state index in [1.165, 1.54) is 7.11 Å². The van der Waals surface area contributed by atoms with Crippen molar-refractivity contribution in [3.63, 3.8) is 0 Å². The molecule has 1 heterocycles. The fraction of sp³-hybridized carbons (Fsp3) is 0.200. The molecule has 0 saturated carbocycles. The van der Waals surface area contributed by atoms with E-state index in [4.69, 9.17) is 9.47 Å². The molecule has 9 nitrogen and oxygen atoms in total. The number of anilines is 2. The number of rotatable bonds is 9. The molecule has 3 aromatic rings. The number of benzene rings is 3. The van der Waals surface area contributed by atoms with Crippen LogP contribution in [0.25, 0.3) is 6.08 Å². The zero-order valence-electron chi connectivity index (χ0n) is 22.9. The topological polar surface area (TPSA) is 114 Å². The normalized spacial score (nSPS) is 13.9. The van der Waals surface area contributed by atoms with Gasteiger partial charge in [0, 0.05) is 15.8 Å². The maximum Gasteiger partial charge on any atom is 0.294 e. The number of aryl methyl sites for hydroxylation is 1. The van der Waals surface area contributed by atoms with Gasteiger partial charge in [0.2, 0.25) is 5.91 Å². The Morgan fingerprint density at radius 1 is 0.927 bits per heavy atom. The minimum Gasteiger partial charge on any atom is -0.493 e. The number of hydrogen-bond acceptors (Lipinski definition) is 7. The van der Waals surface area contributed by atoms with Gasteiger partial charge in [0.25, 0.3) is 17.1 Å². The summed E-state index contributed by atoms with van der Waals surface area (Å²) >= 11 is 4.23. The van der Waals surface area contributed by atoms with Gasteiger partial charge in [-0.3, -0.25) is 24.1 Å². The van der Waals surface area contributed by atoms with Crippen LogP contribution in [0.1, 0.15) is 22.3 Å². The number of carbonyl (C=O) groups is 4. The van der Waals surface area contributed by atoms with Crippen molar-refractivity contribution in [1.29, 1.82) is 0 Å². The van der Waals surface area contributed by atoms with E-state index in [9.17, 15) is 19.2 Å². The van der Waals surface area contributed by atoms with Crippen LogP contribution in [-0.4, -0.2) is 48.1 Å². The lowest BCUT2D eigenvalue weighted by Crippen LogP contribution is -2.36. The molecule has 0 aliphatic carbocycles. The number of halogens is 1. The number of methoxy groups -OCH3 is 1. The van der Waals surface area contributed by atoms with Crippen LogP contribution in [-0.2, 0) is 14.4 Å². The molecule has 11 heteroatoms. The molecule has 1 fully saturated rings. The Labute approximate surface area is 250 Å². The zero-order valence-corrected chi connectivity index (χ0v) is 25.3. The number of nitrogens with zero attached hydrogens (tertiary/aromatic N) is 1. The van der Waals surface area contributed by atoms with Crippen LogP contribution in [0.15, 0.2) is 64.0 Å². The molecule has 4 rings (SSSR count). The van der Waals surface area contributed by atoms with E-state index < -0.39 is 23.6 Å². The van der Waals surface area contributed by atoms with Crippen molar-refractivity contribution in [3.8, 4) is 11.5 Å². The lowest BCUT2D eigenvalue weighted by molar-refractivity contribution is -0.127. The second-order valence-electron chi connectivity index (χ2n) is 9.22. The first-order valence-electron chi connectivity index (χ1n) is 12.5. The second kappa shape index (κ2) is 13.0. The molecular weight excluding hydrogens is 610 g/mol. The highest BCUT2D eigenvalue weighted by Crippen LogP contribution is 2.35. The number of hydrogen-bond donors (Lipinski definition) is 2. The Balaban J connectivity index is 1.39. The fourth-order valence-corrected chi connectivity index (χ4v) is 5.25. The molecule has 3 aromatic carbocycles. The maximum absolute atomic E-state index is 12.9. The minimum absolute atomic E-state index is 0.175. The zero-order chi connectivity index (χ0) is 29.7. The Bertz CT molecular complexity index is 1570. The van der Waals surface area contributed by atoms with E-state index in [-0.39, 0.29) is 17.4 Å². The summed E-state index contributed by atoms with van der Waals surface area (Å²) in [6.45, 7) is 5.10.